The molecule has 1 heterocycles. The number of hydrogen-bond acceptors (Lipinski definition) is 3. The molecule has 3 rings (SSSR count). The second kappa shape index (κ2) is 7.87. The lowest BCUT2D eigenvalue weighted by atomic mass is 10.1. The van der Waals surface area contributed by atoms with E-state index >= 15 is 0 Å². The van der Waals surface area contributed by atoms with Gasteiger partial charge in [-0.05, 0) is 36.4 Å². The molecule has 3 aromatic rings. The van der Waals surface area contributed by atoms with Gasteiger partial charge in [0.15, 0.2) is 0 Å². The number of halogens is 4. The zero-order chi connectivity index (χ0) is 19.4. The number of aromatic nitrogens is 1. The minimum Gasteiger partial charge on any atom is -0.352 e. The van der Waals surface area contributed by atoms with Gasteiger partial charge in [-0.15, -0.1) is 11.3 Å². The van der Waals surface area contributed by atoms with Crippen molar-refractivity contribution in [3.05, 3.63) is 76.5 Å². The Hall–Kier alpha value is -2.74. The molecular weight excluding hydrogens is 380 g/mol. The molecule has 0 spiro atoms. The first kappa shape index (κ1) is 19.0. The summed E-state index contributed by atoms with van der Waals surface area (Å²) in [6.07, 6.45) is -4.22. The summed E-state index contributed by atoms with van der Waals surface area (Å²) in [5.41, 5.74) is 0.101. The Balaban J connectivity index is 1.61. The molecule has 0 aliphatic rings. The fourth-order valence-corrected chi connectivity index (χ4v) is 3.33. The Morgan fingerprint density at radius 2 is 1.78 bits per heavy atom. The molecule has 1 aromatic heterocycles. The fraction of sp³-hybridized carbons (Fsp3) is 0.158. The van der Waals surface area contributed by atoms with Crippen molar-refractivity contribution in [2.45, 2.75) is 12.6 Å². The van der Waals surface area contributed by atoms with Gasteiger partial charge in [0.05, 0.1) is 16.8 Å². The highest BCUT2D eigenvalue weighted by molar-refractivity contribution is 7.13. The van der Waals surface area contributed by atoms with Gasteiger partial charge in [0, 0.05) is 23.9 Å². The van der Waals surface area contributed by atoms with E-state index in [0.717, 1.165) is 17.7 Å². The Kier molecular flexibility index (Phi) is 5.55. The largest absolute Gasteiger partial charge is 0.417 e. The highest BCUT2D eigenvalue weighted by Gasteiger charge is 2.34. The third-order valence-electron chi connectivity index (χ3n) is 3.79. The van der Waals surface area contributed by atoms with Gasteiger partial charge in [-0.25, -0.2) is 9.37 Å². The maximum absolute atomic E-state index is 13.0. The van der Waals surface area contributed by atoms with E-state index in [1.54, 1.807) is 17.5 Å². The molecular formula is C19H14F4N2OS. The summed E-state index contributed by atoms with van der Waals surface area (Å²) < 4.78 is 51.9. The average Bonchev–Trinajstić information content (AvgIpc) is 3.10. The third kappa shape index (κ3) is 4.71. The summed E-state index contributed by atoms with van der Waals surface area (Å²) >= 11 is 1.37. The number of rotatable bonds is 5. The number of hydrogen-bond donors (Lipinski definition) is 1. The number of nitrogens with one attached hydrogen (secondary N) is 1. The second-order valence-electron chi connectivity index (χ2n) is 5.70. The SMILES string of the molecule is O=C(NCCc1csc(-c2ccc(F)cc2)n1)c1ccccc1C(F)(F)F. The third-order valence-corrected chi connectivity index (χ3v) is 4.73. The number of alkyl halides is 3. The molecule has 0 fully saturated rings. The summed E-state index contributed by atoms with van der Waals surface area (Å²) in [5, 5.41) is 5.00. The van der Waals surface area contributed by atoms with Gasteiger partial charge < -0.3 is 5.32 Å². The Morgan fingerprint density at radius 3 is 2.48 bits per heavy atom. The van der Waals surface area contributed by atoms with E-state index in [4.69, 9.17) is 0 Å². The van der Waals surface area contributed by atoms with Gasteiger partial charge >= 0.3 is 6.18 Å². The molecule has 0 saturated heterocycles. The number of thiazole rings is 1. The summed E-state index contributed by atoms with van der Waals surface area (Å²) in [5.74, 6) is -1.12. The lowest BCUT2D eigenvalue weighted by Gasteiger charge is -2.12. The monoisotopic (exact) mass is 394 g/mol. The molecule has 1 amide bonds. The maximum Gasteiger partial charge on any atom is 0.417 e. The van der Waals surface area contributed by atoms with Crippen molar-refractivity contribution in [3.8, 4) is 10.6 Å². The average molecular weight is 394 g/mol. The van der Waals surface area contributed by atoms with E-state index in [0.29, 0.717) is 17.1 Å². The van der Waals surface area contributed by atoms with Crippen LogP contribution in [-0.2, 0) is 12.6 Å². The Labute approximate surface area is 156 Å². The van der Waals surface area contributed by atoms with Crippen molar-refractivity contribution in [1.82, 2.24) is 10.3 Å². The molecule has 0 saturated carbocycles. The lowest BCUT2D eigenvalue weighted by Crippen LogP contribution is -2.28. The van der Waals surface area contributed by atoms with Crippen LogP contribution in [0.25, 0.3) is 10.6 Å². The quantitative estimate of drug-likeness (QED) is 0.623. The number of nitrogens with zero attached hydrogens (tertiary/aromatic N) is 1. The van der Waals surface area contributed by atoms with Crippen LogP contribution in [0.5, 0.6) is 0 Å². The molecule has 0 aliphatic heterocycles. The second-order valence-corrected chi connectivity index (χ2v) is 6.56. The zero-order valence-corrected chi connectivity index (χ0v) is 14.7. The highest BCUT2D eigenvalue weighted by Crippen LogP contribution is 2.31. The van der Waals surface area contributed by atoms with Crippen LogP contribution in [0.2, 0.25) is 0 Å². The van der Waals surface area contributed by atoms with E-state index in [1.165, 1.54) is 35.6 Å². The van der Waals surface area contributed by atoms with Crippen LogP contribution >= 0.6 is 11.3 Å². The van der Waals surface area contributed by atoms with Crippen LogP contribution in [0.4, 0.5) is 17.6 Å². The van der Waals surface area contributed by atoms with Gasteiger partial charge in [-0.3, -0.25) is 4.79 Å². The standard InChI is InChI=1S/C19H14F4N2OS/c20-13-7-5-12(6-8-13)18-25-14(11-27-18)9-10-24-17(26)15-3-1-2-4-16(15)19(21,22)23/h1-8,11H,9-10H2,(H,24,26). The molecule has 8 heteroatoms. The number of carbonyl (C=O) groups excluding carboxylic acids is 1. The van der Waals surface area contributed by atoms with Crippen LogP contribution in [0.15, 0.2) is 53.9 Å². The number of benzene rings is 2. The molecule has 1 N–H and O–H groups in total. The summed E-state index contributed by atoms with van der Waals surface area (Å²) in [7, 11) is 0. The topological polar surface area (TPSA) is 42.0 Å². The molecule has 140 valence electrons. The van der Waals surface area contributed by atoms with E-state index in [-0.39, 0.29) is 12.4 Å². The first-order valence-electron chi connectivity index (χ1n) is 7.99. The molecule has 0 aliphatic carbocycles. The van der Waals surface area contributed by atoms with E-state index in [2.05, 4.69) is 10.3 Å². The minimum atomic E-state index is -4.59. The van der Waals surface area contributed by atoms with Crippen LogP contribution < -0.4 is 5.32 Å². The molecule has 3 nitrogen and oxygen atoms in total. The van der Waals surface area contributed by atoms with Crippen molar-refractivity contribution in [3.63, 3.8) is 0 Å². The molecule has 0 radical (unpaired) electrons. The minimum absolute atomic E-state index is 0.150. The fourth-order valence-electron chi connectivity index (χ4n) is 2.47. The lowest BCUT2D eigenvalue weighted by molar-refractivity contribution is -0.137. The molecule has 0 unspecified atom stereocenters. The van der Waals surface area contributed by atoms with Crippen LogP contribution in [0.3, 0.4) is 0 Å². The molecule has 0 atom stereocenters. The molecule has 2 aromatic carbocycles. The zero-order valence-electron chi connectivity index (χ0n) is 13.9. The van der Waals surface area contributed by atoms with Gasteiger partial charge in [0.25, 0.3) is 5.91 Å². The first-order valence-corrected chi connectivity index (χ1v) is 8.87. The van der Waals surface area contributed by atoms with Crippen molar-refractivity contribution in [2.24, 2.45) is 0 Å². The Morgan fingerprint density at radius 1 is 1.07 bits per heavy atom. The smallest absolute Gasteiger partial charge is 0.352 e. The van der Waals surface area contributed by atoms with Crippen molar-refractivity contribution < 1.29 is 22.4 Å². The van der Waals surface area contributed by atoms with Gasteiger partial charge in [0.2, 0.25) is 0 Å². The highest BCUT2D eigenvalue weighted by atomic mass is 32.1. The summed E-state index contributed by atoms with van der Waals surface area (Å²) in [6, 6.07) is 10.6. The van der Waals surface area contributed by atoms with E-state index < -0.39 is 23.2 Å². The van der Waals surface area contributed by atoms with Crippen molar-refractivity contribution in [1.29, 1.82) is 0 Å². The van der Waals surface area contributed by atoms with E-state index in [1.807, 2.05) is 0 Å². The number of amides is 1. The van der Waals surface area contributed by atoms with Gasteiger partial charge in [0.1, 0.15) is 10.8 Å². The molecule has 27 heavy (non-hydrogen) atoms. The normalized spacial score (nSPS) is 11.4. The molecule has 0 bridgehead atoms. The summed E-state index contributed by atoms with van der Waals surface area (Å²) in [4.78, 5) is 16.5. The van der Waals surface area contributed by atoms with Crippen molar-refractivity contribution >= 4 is 17.2 Å². The maximum atomic E-state index is 13.0. The summed E-state index contributed by atoms with van der Waals surface area (Å²) in [6.45, 7) is 0.150. The van der Waals surface area contributed by atoms with Crippen molar-refractivity contribution in [2.75, 3.05) is 6.54 Å². The predicted octanol–water partition coefficient (Wildman–Crippen LogP) is 4.94. The first-order chi connectivity index (χ1) is 12.8. The predicted molar refractivity (Wildman–Crippen MR) is 95.0 cm³/mol. The van der Waals surface area contributed by atoms with Gasteiger partial charge in [-0.1, -0.05) is 12.1 Å². The van der Waals surface area contributed by atoms with Crippen LogP contribution in [0.1, 0.15) is 21.6 Å². The number of carbonyl (C=O) groups is 1. The Bertz CT molecular complexity index is 935. The van der Waals surface area contributed by atoms with Crippen LogP contribution in [0, 0.1) is 5.82 Å². The van der Waals surface area contributed by atoms with E-state index in [9.17, 15) is 22.4 Å². The van der Waals surface area contributed by atoms with Crippen LogP contribution in [-0.4, -0.2) is 17.4 Å². The van der Waals surface area contributed by atoms with Gasteiger partial charge in [-0.2, -0.15) is 13.2 Å².